The van der Waals surface area contributed by atoms with Gasteiger partial charge in [0.1, 0.15) is 22.0 Å². The molecule has 0 aliphatic carbocycles. The first-order chi connectivity index (χ1) is 6.61. The molecule has 74 valence electrons. The van der Waals surface area contributed by atoms with Crippen LogP contribution in [0.25, 0.3) is 0 Å². The van der Waals surface area contributed by atoms with Crippen molar-refractivity contribution in [2.24, 2.45) is 0 Å². The third-order valence-corrected chi connectivity index (χ3v) is 2.19. The summed E-state index contributed by atoms with van der Waals surface area (Å²) in [5.41, 5.74) is -0.405. The maximum absolute atomic E-state index is 12.5. The van der Waals surface area contributed by atoms with Crippen LogP contribution < -0.4 is 4.74 Å². The van der Waals surface area contributed by atoms with E-state index in [1.165, 1.54) is 13.3 Å². The molecule has 1 heterocycles. The number of rotatable bonds is 2. The largest absolute Gasteiger partial charge is 0.495 e. The number of pyridine rings is 1. The number of nitrogens with zero attached hydrogens (tertiary/aromatic N) is 2. The summed E-state index contributed by atoms with van der Waals surface area (Å²) >= 11 is 2.87. The molecule has 1 aromatic rings. The van der Waals surface area contributed by atoms with Crippen molar-refractivity contribution < 1.29 is 13.5 Å². The Hall–Kier alpha value is -1.22. The number of hydrogen-bond donors (Lipinski definition) is 0. The predicted octanol–water partition coefficient (Wildman–Crippen LogP) is 2.66. The molecule has 0 aliphatic heterocycles. The first kappa shape index (κ1) is 10.9. The van der Waals surface area contributed by atoms with Crippen LogP contribution in [0, 0.1) is 11.3 Å². The third-order valence-electron chi connectivity index (χ3n) is 1.56. The number of nitriles is 1. The van der Waals surface area contributed by atoms with Gasteiger partial charge in [-0.2, -0.15) is 5.26 Å². The number of halogens is 3. The molecule has 0 N–H and O–H groups in total. The topological polar surface area (TPSA) is 45.9 Å². The number of methoxy groups -OCH3 is 1. The average molecular weight is 263 g/mol. The summed E-state index contributed by atoms with van der Waals surface area (Å²) < 4.78 is 29.8. The highest BCUT2D eigenvalue weighted by Crippen LogP contribution is 2.35. The number of aromatic nitrogens is 1. The fourth-order valence-electron chi connectivity index (χ4n) is 0.977. The van der Waals surface area contributed by atoms with Crippen LogP contribution in [-0.4, -0.2) is 12.1 Å². The molecule has 0 spiro atoms. The fourth-order valence-corrected chi connectivity index (χ4v) is 1.43. The van der Waals surface area contributed by atoms with E-state index in [9.17, 15) is 8.78 Å². The third kappa shape index (κ3) is 1.82. The molecule has 0 saturated carbocycles. The lowest BCUT2D eigenvalue weighted by Gasteiger charge is -2.09. The first-order valence-electron chi connectivity index (χ1n) is 3.52. The molecule has 0 radical (unpaired) electrons. The zero-order valence-electron chi connectivity index (χ0n) is 7.09. The second kappa shape index (κ2) is 4.33. The molecule has 0 amide bonds. The van der Waals surface area contributed by atoms with E-state index < -0.39 is 12.0 Å². The smallest absolute Gasteiger partial charge is 0.270 e. The van der Waals surface area contributed by atoms with Gasteiger partial charge in [-0.3, -0.25) is 0 Å². The molecule has 0 atom stereocenters. The minimum atomic E-state index is -2.74. The van der Waals surface area contributed by atoms with Gasteiger partial charge in [0.2, 0.25) is 0 Å². The second-order valence-corrected chi connectivity index (χ2v) is 3.07. The number of ether oxygens (including phenoxy) is 1. The Morgan fingerprint density at radius 3 is 2.71 bits per heavy atom. The summed E-state index contributed by atoms with van der Waals surface area (Å²) in [7, 11) is 1.23. The van der Waals surface area contributed by atoms with Crippen molar-refractivity contribution in [2.75, 3.05) is 7.11 Å². The van der Waals surface area contributed by atoms with Crippen molar-refractivity contribution in [3.8, 4) is 11.8 Å². The Morgan fingerprint density at radius 2 is 2.29 bits per heavy atom. The van der Waals surface area contributed by atoms with Crippen molar-refractivity contribution in [2.45, 2.75) is 6.43 Å². The van der Waals surface area contributed by atoms with Crippen LogP contribution in [0.3, 0.4) is 0 Å². The predicted molar refractivity (Wildman–Crippen MR) is 48.2 cm³/mol. The molecule has 1 aromatic heterocycles. The Morgan fingerprint density at radius 1 is 1.64 bits per heavy atom. The Kier molecular flexibility index (Phi) is 3.36. The van der Waals surface area contributed by atoms with Gasteiger partial charge in [-0.1, -0.05) is 0 Å². The quantitative estimate of drug-likeness (QED) is 0.770. The maximum atomic E-state index is 12.5. The molecular formula is C8H5BrF2N2O. The molecule has 14 heavy (non-hydrogen) atoms. The van der Waals surface area contributed by atoms with E-state index in [2.05, 4.69) is 20.9 Å². The monoisotopic (exact) mass is 262 g/mol. The molecule has 0 bridgehead atoms. The number of hydrogen-bond acceptors (Lipinski definition) is 3. The van der Waals surface area contributed by atoms with Crippen molar-refractivity contribution in [1.29, 1.82) is 5.26 Å². The molecule has 0 saturated heterocycles. The van der Waals surface area contributed by atoms with E-state index in [0.717, 1.165) is 0 Å². The summed E-state index contributed by atoms with van der Waals surface area (Å²) in [6.45, 7) is 0. The minimum Gasteiger partial charge on any atom is -0.495 e. The van der Waals surface area contributed by atoms with Gasteiger partial charge >= 0.3 is 0 Å². The zero-order chi connectivity index (χ0) is 10.7. The van der Waals surface area contributed by atoms with Gasteiger partial charge in [0, 0.05) is 6.20 Å². The van der Waals surface area contributed by atoms with Crippen molar-refractivity contribution >= 4 is 15.9 Å². The maximum Gasteiger partial charge on any atom is 0.270 e. The van der Waals surface area contributed by atoms with E-state index in [1.54, 1.807) is 6.07 Å². The summed E-state index contributed by atoms with van der Waals surface area (Å²) in [6, 6.07) is 1.73. The normalized spacial score (nSPS) is 10.0. The van der Waals surface area contributed by atoms with Crippen molar-refractivity contribution in [3.63, 3.8) is 0 Å². The van der Waals surface area contributed by atoms with Gasteiger partial charge in [0.15, 0.2) is 0 Å². The van der Waals surface area contributed by atoms with Crippen LogP contribution in [-0.2, 0) is 0 Å². The van der Waals surface area contributed by atoms with Crippen LogP contribution >= 0.6 is 15.9 Å². The second-order valence-electron chi connectivity index (χ2n) is 2.32. The Labute approximate surface area is 87.5 Å². The summed E-state index contributed by atoms with van der Waals surface area (Å²) in [5, 5.41) is 8.62. The fraction of sp³-hybridized carbons (Fsp3) is 0.250. The average Bonchev–Trinajstić information content (AvgIpc) is 2.16. The summed E-state index contributed by atoms with van der Waals surface area (Å²) in [6.07, 6.45) is -1.56. The number of alkyl halides is 2. The minimum absolute atomic E-state index is 0.00833. The molecule has 0 fully saturated rings. The van der Waals surface area contributed by atoms with E-state index in [0.29, 0.717) is 0 Å². The van der Waals surface area contributed by atoms with E-state index >= 15 is 0 Å². The van der Waals surface area contributed by atoms with Crippen LogP contribution in [0.4, 0.5) is 8.78 Å². The molecular weight excluding hydrogens is 258 g/mol. The van der Waals surface area contributed by atoms with Gasteiger partial charge in [-0.15, -0.1) is 0 Å². The van der Waals surface area contributed by atoms with Crippen LogP contribution in [0.1, 0.15) is 17.6 Å². The molecule has 0 aliphatic rings. The van der Waals surface area contributed by atoms with Gasteiger partial charge in [-0.25, -0.2) is 13.8 Å². The van der Waals surface area contributed by atoms with Gasteiger partial charge in [0.25, 0.3) is 6.43 Å². The lowest BCUT2D eigenvalue weighted by Crippen LogP contribution is -1.99. The van der Waals surface area contributed by atoms with Crippen LogP contribution in [0.5, 0.6) is 5.75 Å². The van der Waals surface area contributed by atoms with Crippen molar-refractivity contribution in [3.05, 3.63) is 21.9 Å². The standard InChI is InChI=1S/C8H5BrF2N2O/c1-14-6-4(2-12)3-13-7(9)5(6)8(10)11/h3,8H,1H3. The van der Waals surface area contributed by atoms with Crippen LogP contribution in [0.2, 0.25) is 0 Å². The van der Waals surface area contributed by atoms with Crippen molar-refractivity contribution in [1.82, 2.24) is 4.98 Å². The SMILES string of the molecule is COc1c(C#N)cnc(Br)c1C(F)F. The highest BCUT2D eigenvalue weighted by molar-refractivity contribution is 9.10. The summed E-state index contributed by atoms with van der Waals surface area (Å²) in [4.78, 5) is 3.61. The van der Waals surface area contributed by atoms with E-state index in [4.69, 9.17) is 10.00 Å². The van der Waals surface area contributed by atoms with E-state index in [1.807, 2.05) is 0 Å². The molecule has 0 unspecified atom stereocenters. The van der Waals surface area contributed by atoms with Gasteiger partial charge in [0.05, 0.1) is 12.7 Å². The van der Waals surface area contributed by atoms with Crippen LogP contribution in [0.15, 0.2) is 10.8 Å². The molecule has 6 heteroatoms. The first-order valence-corrected chi connectivity index (χ1v) is 4.31. The Balaban J connectivity index is 3.45. The highest BCUT2D eigenvalue weighted by atomic mass is 79.9. The Bertz CT molecular complexity index is 390. The van der Waals surface area contributed by atoms with Gasteiger partial charge in [-0.05, 0) is 15.9 Å². The molecule has 3 nitrogen and oxygen atoms in total. The lowest BCUT2D eigenvalue weighted by atomic mass is 10.2. The lowest BCUT2D eigenvalue weighted by molar-refractivity contribution is 0.145. The summed E-state index contributed by atoms with van der Waals surface area (Å²) in [5.74, 6) is -0.135. The van der Waals surface area contributed by atoms with Gasteiger partial charge < -0.3 is 4.74 Å². The molecule has 0 aromatic carbocycles. The van der Waals surface area contributed by atoms with E-state index in [-0.39, 0.29) is 15.9 Å². The molecule has 1 rings (SSSR count). The highest BCUT2D eigenvalue weighted by Gasteiger charge is 2.21. The zero-order valence-corrected chi connectivity index (χ0v) is 8.68.